The molecule has 1 saturated heterocycles. The van der Waals surface area contributed by atoms with Gasteiger partial charge in [-0.1, -0.05) is 6.92 Å². The van der Waals surface area contributed by atoms with Gasteiger partial charge in [0, 0.05) is 20.2 Å². The molecule has 1 aliphatic rings. The second-order valence-electron chi connectivity index (χ2n) is 4.34. The number of piperidine rings is 1. The van der Waals surface area contributed by atoms with Crippen molar-refractivity contribution in [3.05, 3.63) is 0 Å². The van der Waals surface area contributed by atoms with Gasteiger partial charge in [0.25, 0.3) is 5.91 Å². The zero-order valence-corrected chi connectivity index (χ0v) is 9.87. The van der Waals surface area contributed by atoms with Gasteiger partial charge in [-0.2, -0.15) is 0 Å². The minimum atomic E-state index is 0.276. The number of quaternary nitrogens is 1. The molecule has 1 rings (SSSR count). The Morgan fingerprint density at radius 3 is 2.73 bits per heavy atom. The molecule has 0 saturated carbocycles. The highest BCUT2D eigenvalue weighted by atomic mass is 16.5. The third kappa shape index (κ3) is 4.62. The first-order valence-electron chi connectivity index (χ1n) is 5.82. The highest BCUT2D eigenvalue weighted by Crippen LogP contribution is 2.15. The molecule has 1 aliphatic heterocycles. The van der Waals surface area contributed by atoms with E-state index >= 15 is 0 Å². The number of rotatable bonds is 5. The van der Waals surface area contributed by atoms with Crippen molar-refractivity contribution < 1.29 is 14.8 Å². The van der Waals surface area contributed by atoms with Crippen molar-refractivity contribution in [1.29, 1.82) is 0 Å². The molecule has 15 heavy (non-hydrogen) atoms. The lowest BCUT2D eigenvalue weighted by atomic mass is 9.99. The summed E-state index contributed by atoms with van der Waals surface area (Å²) in [6.45, 7) is 6.29. The van der Waals surface area contributed by atoms with Crippen LogP contribution in [-0.2, 0) is 9.53 Å². The van der Waals surface area contributed by atoms with E-state index in [4.69, 9.17) is 4.74 Å². The minimum absolute atomic E-state index is 0.276. The predicted octanol–water partition coefficient (Wildman–Crippen LogP) is -0.545. The summed E-state index contributed by atoms with van der Waals surface area (Å²) in [4.78, 5) is 13.7. The molecule has 1 amide bonds. The number of hydrogen-bond acceptors (Lipinski definition) is 2. The van der Waals surface area contributed by atoms with Crippen LogP contribution < -0.4 is 5.32 Å². The molecule has 2 N–H and O–H groups in total. The van der Waals surface area contributed by atoms with E-state index in [1.165, 1.54) is 0 Å². The van der Waals surface area contributed by atoms with Gasteiger partial charge in [0.15, 0.2) is 6.54 Å². The Balaban J connectivity index is 2.11. The number of likely N-dealkylation sites (tertiary alicyclic amines) is 1. The number of carbonyl (C=O) groups is 1. The quantitative estimate of drug-likeness (QED) is 0.626. The number of ether oxygens (including phenoxy) is 1. The van der Waals surface area contributed by atoms with Crippen LogP contribution in [0, 0.1) is 5.92 Å². The molecule has 0 spiro atoms. The van der Waals surface area contributed by atoms with E-state index in [1.807, 2.05) is 10.2 Å². The van der Waals surface area contributed by atoms with Gasteiger partial charge in [0.05, 0.1) is 13.2 Å². The average molecular weight is 215 g/mol. The van der Waals surface area contributed by atoms with Crippen LogP contribution >= 0.6 is 0 Å². The zero-order chi connectivity index (χ0) is 11.1. The molecule has 1 heterocycles. The van der Waals surface area contributed by atoms with Crippen molar-refractivity contribution >= 4 is 5.91 Å². The SMILES string of the molecule is COCC[NH2+]CC(=O)N1CCC(C)CC1. The lowest BCUT2D eigenvalue weighted by Crippen LogP contribution is -2.87. The Bertz CT molecular complexity index is 189. The van der Waals surface area contributed by atoms with Gasteiger partial charge in [0.2, 0.25) is 0 Å². The van der Waals surface area contributed by atoms with Gasteiger partial charge >= 0.3 is 0 Å². The first-order chi connectivity index (χ1) is 7.24. The molecular formula is C11H23N2O2+. The van der Waals surface area contributed by atoms with Gasteiger partial charge in [0.1, 0.15) is 0 Å². The molecule has 0 aliphatic carbocycles. The van der Waals surface area contributed by atoms with E-state index in [-0.39, 0.29) is 5.91 Å². The van der Waals surface area contributed by atoms with E-state index in [9.17, 15) is 4.79 Å². The van der Waals surface area contributed by atoms with Gasteiger partial charge in [-0.3, -0.25) is 4.79 Å². The molecular weight excluding hydrogens is 192 g/mol. The number of hydrogen-bond donors (Lipinski definition) is 1. The van der Waals surface area contributed by atoms with Gasteiger partial charge in [-0.15, -0.1) is 0 Å². The van der Waals surface area contributed by atoms with Crippen molar-refractivity contribution in [1.82, 2.24) is 4.90 Å². The Labute approximate surface area is 92.0 Å². The summed E-state index contributed by atoms with van der Waals surface area (Å²) in [6, 6.07) is 0. The Hall–Kier alpha value is -0.610. The molecule has 0 aromatic rings. The smallest absolute Gasteiger partial charge is 0.277 e. The van der Waals surface area contributed by atoms with Gasteiger partial charge in [-0.25, -0.2) is 0 Å². The van der Waals surface area contributed by atoms with Gasteiger partial charge < -0.3 is 15.0 Å². The van der Waals surface area contributed by atoms with Crippen LogP contribution in [0.25, 0.3) is 0 Å². The van der Waals surface area contributed by atoms with E-state index in [2.05, 4.69) is 6.92 Å². The monoisotopic (exact) mass is 215 g/mol. The molecule has 4 nitrogen and oxygen atoms in total. The summed E-state index contributed by atoms with van der Waals surface area (Å²) in [7, 11) is 1.68. The highest BCUT2D eigenvalue weighted by Gasteiger charge is 2.20. The maximum atomic E-state index is 11.7. The Morgan fingerprint density at radius 1 is 1.47 bits per heavy atom. The van der Waals surface area contributed by atoms with Crippen molar-refractivity contribution in [2.24, 2.45) is 5.92 Å². The summed E-state index contributed by atoms with van der Waals surface area (Å²) in [5, 5.41) is 2.02. The number of nitrogens with zero attached hydrogens (tertiary/aromatic N) is 1. The molecule has 0 aromatic carbocycles. The van der Waals surface area contributed by atoms with Crippen molar-refractivity contribution in [3.63, 3.8) is 0 Å². The van der Waals surface area contributed by atoms with E-state index in [0.29, 0.717) is 13.2 Å². The minimum Gasteiger partial charge on any atom is -0.379 e. The largest absolute Gasteiger partial charge is 0.379 e. The first kappa shape index (κ1) is 12.5. The number of amides is 1. The zero-order valence-electron chi connectivity index (χ0n) is 9.87. The fourth-order valence-corrected chi connectivity index (χ4v) is 1.81. The number of nitrogens with two attached hydrogens (primary N) is 1. The summed E-state index contributed by atoms with van der Waals surface area (Å²) in [5.74, 6) is 1.06. The van der Waals surface area contributed by atoms with Crippen molar-refractivity contribution in [2.75, 3.05) is 39.9 Å². The van der Waals surface area contributed by atoms with E-state index < -0.39 is 0 Å². The molecule has 0 atom stereocenters. The summed E-state index contributed by atoms with van der Waals surface area (Å²) in [6.07, 6.45) is 2.31. The van der Waals surface area contributed by atoms with Crippen LogP contribution in [0.4, 0.5) is 0 Å². The van der Waals surface area contributed by atoms with Crippen molar-refractivity contribution in [2.45, 2.75) is 19.8 Å². The number of methoxy groups -OCH3 is 1. The number of carbonyl (C=O) groups excluding carboxylic acids is 1. The van der Waals surface area contributed by atoms with Crippen LogP contribution in [-0.4, -0.2) is 50.7 Å². The summed E-state index contributed by atoms with van der Waals surface area (Å²) in [5.41, 5.74) is 0. The van der Waals surface area contributed by atoms with Gasteiger partial charge in [-0.05, 0) is 18.8 Å². The van der Waals surface area contributed by atoms with Crippen LogP contribution in [0.1, 0.15) is 19.8 Å². The average Bonchev–Trinajstić information content (AvgIpc) is 2.25. The Kier molecular flexibility index (Phi) is 5.65. The topological polar surface area (TPSA) is 46.1 Å². The summed E-state index contributed by atoms with van der Waals surface area (Å²) >= 11 is 0. The van der Waals surface area contributed by atoms with Crippen LogP contribution in [0.5, 0.6) is 0 Å². The predicted molar refractivity (Wildman–Crippen MR) is 58.5 cm³/mol. The maximum absolute atomic E-state index is 11.7. The molecule has 0 aromatic heterocycles. The van der Waals surface area contributed by atoms with E-state index in [1.54, 1.807) is 7.11 Å². The van der Waals surface area contributed by atoms with Crippen LogP contribution in [0.15, 0.2) is 0 Å². The maximum Gasteiger partial charge on any atom is 0.277 e. The fraction of sp³-hybridized carbons (Fsp3) is 0.909. The first-order valence-corrected chi connectivity index (χ1v) is 5.82. The standard InChI is InChI=1S/C11H22N2O2/c1-10-3-6-13(7-4-10)11(14)9-12-5-8-15-2/h10,12H,3-9H2,1-2H3/p+1. The third-order valence-corrected chi connectivity index (χ3v) is 2.98. The van der Waals surface area contributed by atoms with Crippen LogP contribution in [0.2, 0.25) is 0 Å². The molecule has 0 bridgehead atoms. The molecule has 1 fully saturated rings. The lowest BCUT2D eigenvalue weighted by molar-refractivity contribution is -0.646. The molecule has 0 radical (unpaired) electrons. The second kappa shape index (κ2) is 6.80. The van der Waals surface area contributed by atoms with Crippen molar-refractivity contribution in [3.8, 4) is 0 Å². The van der Waals surface area contributed by atoms with E-state index in [0.717, 1.165) is 38.4 Å². The summed E-state index contributed by atoms with van der Waals surface area (Å²) < 4.78 is 4.93. The third-order valence-electron chi connectivity index (χ3n) is 2.98. The lowest BCUT2D eigenvalue weighted by Gasteiger charge is -2.29. The normalized spacial score (nSPS) is 18.1. The second-order valence-corrected chi connectivity index (χ2v) is 4.34. The molecule has 0 unspecified atom stereocenters. The highest BCUT2D eigenvalue weighted by molar-refractivity contribution is 5.77. The Morgan fingerprint density at radius 2 is 2.13 bits per heavy atom. The fourth-order valence-electron chi connectivity index (χ4n) is 1.81. The molecule has 88 valence electrons. The van der Waals surface area contributed by atoms with Crippen LogP contribution in [0.3, 0.4) is 0 Å². The molecule has 4 heteroatoms.